The van der Waals surface area contributed by atoms with Crippen LogP contribution in [0.4, 0.5) is 5.69 Å². The number of benzene rings is 2. The molecule has 6 nitrogen and oxygen atoms in total. The summed E-state index contributed by atoms with van der Waals surface area (Å²) in [6.07, 6.45) is 0.663. The number of sulfonamides is 1. The molecule has 0 spiro atoms. The quantitative estimate of drug-likeness (QED) is 0.741. The zero-order valence-corrected chi connectivity index (χ0v) is 14.6. The van der Waals surface area contributed by atoms with Gasteiger partial charge in [-0.05, 0) is 24.6 Å². The summed E-state index contributed by atoms with van der Waals surface area (Å²) in [5, 5.41) is 4.84. The molecule has 0 unspecified atom stereocenters. The van der Waals surface area contributed by atoms with Gasteiger partial charge in [-0.3, -0.25) is 4.72 Å². The van der Waals surface area contributed by atoms with Crippen LogP contribution in [0.3, 0.4) is 0 Å². The first kappa shape index (κ1) is 16.6. The lowest BCUT2D eigenvalue weighted by atomic mass is 10.1. The van der Waals surface area contributed by atoms with Crippen LogP contribution in [0, 0.1) is 0 Å². The molecule has 8 heteroatoms. The molecular weight excluding hydrogens is 352 g/mol. The number of hydrogen-bond acceptors (Lipinski definition) is 5. The number of hydrogen-bond donors (Lipinski definition) is 1. The lowest BCUT2D eigenvalue weighted by Gasteiger charge is -2.12. The van der Waals surface area contributed by atoms with E-state index in [1.54, 1.807) is 24.3 Å². The number of rotatable bonds is 5. The summed E-state index contributed by atoms with van der Waals surface area (Å²) in [5.74, 6) is 0.330. The van der Waals surface area contributed by atoms with Gasteiger partial charge >= 0.3 is 0 Å². The van der Waals surface area contributed by atoms with Crippen molar-refractivity contribution in [3.63, 3.8) is 0 Å². The fourth-order valence-electron chi connectivity index (χ4n) is 2.38. The minimum Gasteiger partial charge on any atom is -0.494 e. The Bertz CT molecular complexity index is 998. The molecule has 1 N–H and O–H groups in total. The molecule has 1 aromatic heterocycles. The summed E-state index contributed by atoms with van der Waals surface area (Å²) in [4.78, 5) is -0.00477. The smallest absolute Gasteiger partial charge is 0.263 e. The third kappa shape index (κ3) is 2.92. The van der Waals surface area contributed by atoms with Gasteiger partial charge in [-0.15, -0.1) is 0 Å². The average molecular weight is 367 g/mol. The molecule has 0 atom stereocenters. The van der Waals surface area contributed by atoms with Crippen LogP contribution in [0.15, 0.2) is 45.8 Å². The molecule has 0 aliphatic carbocycles. The van der Waals surface area contributed by atoms with Crippen molar-refractivity contribution in [2.24, 2.45) is 0 Å². The molecule has 0 fully saturated rings. The van der Waals surface area contributed by atoms with E-state index in [1.807, 2.05) is 6.92 Å². The van der Waals surface area contributed by atoms with E-state index in [1.165, 1.54) is 19.2 Å². The van der Waals surface area contributed by atoms with Crippen LogP contribution in [-0.2, 0) is 16.4 Å². The van der Waals surface area contributed by atoms with Crippen molar-refractivity contribution in [3.05, 3.63) is 47.1 Å². The Morgan fingerprint density at radius 1 is 1.29 bits per heavy atom. The number of aromatic nitrogens is 1. The largest absolute Gasteiger partial charge is 0.494 e. The second-order valence-electron chi connectivity index (χ2n) is 5.07. The maximum Gasteiger partial charge on any atom is 0.263 e. The van der Waals surface area contributed by atoms with Gasteiger partial charge in [0.15, 0.2) is 5.58 Å². The SMILES string of the molecule is CCc1noc2cc(OC)c(NS(=O)(=O)c3ccccc3Cl)cc12. The van der Waals surface area contributed by atoms with Gasteiger partial charge in [0.05, 0.1) is 23.5 Å². The Hall–Kier alpha value is -2.25. The normalized spacial score (nSPS) is 11.6. The highest BCUT2D eigenvalue weighted by atomic mass is 35.5. The molecule has 1 heterocycles. The van der Waals surface area contributed by atoms with E-state index in [4.69, 9.17) is 20.9 Å². The van der Waals surface area contributed by atoms with Crippen LogP contribution in [-0.4, -0.2) is 20.7 Å². The number of halogens is 1. The maximum absolute atomic E-state index is 12.6. The summed E-state index contributed by atoms with van der Waals surface area (Å²) in [6, 6.07) is 9.48. The lowest BCUT2D eigenvalue weighted by Crippen LogP contribution is -2.14. The van der Waals surface area contributed by atoms with Crippen molar-refractivity contribution in [1.82, 2.24) is 5.16 Å². The molecule has 0 aliphatic heterocycles. The second kappa shape index (κ2) is 6.33. The zero-order valence-electron chi connectivity index (χ0n) is 13.0. The van der Waals surface area contributed by atoms with Gasteiger partial charge in [-0.1, -0.05) is 35.8 Å². The Kier molecular flexibility index (Phi) is 4.38. The number of nitrogens with one attached hydrogen (secondary N) is 1. The fraction of sp³-hybridized carbons (Fsp3) is 0.188. The van der Waals surface area contributed by atoms with E-state index >= 15 is 0 Å². The Morgan fingerprint density at radius 3 is 2.71 bits per heavy atom. The van der Waals surface area contributed by atoms with Gasteiger partial charge in [-0.25, -0.2) is 8.42 Å². The highest BCUT2D eigenvalue weighted by Crippen LogP contribution is 2.34. The van der Waals surface area contributed by atoms with Crippen LogP contribution in [0.25, 0.3) is 11.0 Å². The third-order valence-electron chi connectivity index (χ3n) is 3.57. The highest BCUT2D eigenvalue weighted by Gasteiger charge is 2.21. The first-order valence-electron chi connectivity index (χ1n) is 7.20. The first-order valence-corrected chi connectivity index (χ1v) is 9.06. The Labute approximate surface area is 144 Å². The minimum absolute atomic E-state index is 0.00477. The number of methoxy groups -OCH3 is 1. The van der Waals surface area contributed by atoms with Crippen molar-refractivity contribution in [2.75, 3.05) is 11.8 Å². The topological polar surface area (TPSA) is 81.4 Å². The van der Waals surface area contributed by atoms with Gasteiger partial charge < -0.3 is 9.26 Å². The molecule has 0 aliphatic rings. The van der Waals surface area contributed by atoms with Gasteiger partial charge in [0.2, 0.25) is 0 Å². The van der Waals surface area contributed by atoms with E-state index in [2.05, 4.69) is 9.88 Å². The van der Waals surface area contributed by atoms with Crippen LogP contribution < -0.4 is 9.46 Å². The van der Waals surface area contributed by atoms with Gasteiger partial charge in [-0.2, -0.15) is 0 Å². The number of aryl methyl sites for hydroxylation is 1. The van der Waals surface area contributed by atoms with Gasteiger partial charge in [0, 0.05) is 11.5 Å². The fourth-order valence-corrected chi connectivity index (χ4v) is 3.96. The molecule has 24 heavy (non-hydrogen) atoms. The summed E-state index contributed by atoms with van der Waals surface area (Å²) in [7, 11) is -2.41. The van der Waals surface area contributed by atoms with Crippen LogP contribution >= 0.6 is 11.6 Å². The lowest BCUT2D eigenvalue weighted by molar-refractivity contribution is 0.413. The third-order valence-corrected chi connectivity index (χ3v) is 5.44. The predicted molar refractivity (Wildman–Crippen MR) is 92.2 cm³/mol. The van der Waals surface area contributed by atoms with Crippen LogP contribution in [0.1, 0.15) is 12.6 Å². The van der Waals surface area contributed by atoms with Crippen molar-refractivity contribution in [3.8, 4) is 5.75 Å². The monoisotopic (exact) mass is 366 g/mol. The van der Waals surface area contributed by atoms with E-state index in [0.29, 0.717) is 23.4 Å². The number of fused-ring (bicyclic) bond motifs is 1. The minimum atomic E-state index is -3.86. The van der Waals surface area contributed by atoms with E-state index in [-0.39, 0.29) is 9.92 Å². The molecule has 0 radical (unpaired) electrons. The first-order chi connectivity index (χ1) is 11.5. The van der Waals surface area contributed by atoms with Crippen molar-refractivity contribution in [2.45, 2.75) is 18.2 Å². The number of nitrogens with zero attached hydrogens (tertiary/aromatic N) is 1. The molecule has 3 rings (SSSR count). The molecule has 2 aromatic carbocycles. The van der Waals surface area contributed by atoms with Crippen LogP contribution in [0.2, 0.25) is 5.02 Å². The highest BCUT2D eigenvalue weighted by molar-refractivity contribution is 7.92. The Morgan fingerprint density at radius 2 is 2.04 bits per heavy atom. The average Bonchev–Trinajstić information content (AvgIpc) is 2.95. The van der Waals surface area contributed by atoms with E-state index in [9.17, 15) is 8.42 Å². The van der Waals surface area contributed by atoms with Crippen molar-refractivity contribution in [1.29, 1.82) is 0 Å². The van der Waals surface area contributed by atoms with E-state index < -0.39 is 10.0 Å². The maximum atomic E-state index is 12.6. The predicted octanol–water partition coefficient (Wildman–Crippen LogP) is 3.85. The molecule has 0 saturated heterocycles. The summed E-state index contributed by atoms with van der Waals surface area (Å²) >= 11 is 6.00. The molecular formula is C16H15ClN2O4S. The molecule has 126 valence electrons. The summed E-state index contributed by atoms with van der Waals surface area (Å²) in [6.45, 7) is 1.94. The van der Waals surface area contributed by atoms with Crippen LogP contribution in [0.5, 0.6) is 5.75 Å². The molecule has 0 amide bonds. The summed E-state index contributed by atoms with van der Waals surface area (Å²) in [5.41, 5.74) is 1.57. The molecule has 0 saturated carbocycles. The number of ether oxygens (including phenoxy) is 1. The van der Waals surface area contributed by atoms with Crippen molar-refractivity contribution < 1.29 is 17.7 Å². The zero-order chi connectivity index (χ0) is 17.3. The second-order valence-corrected chi connectivity index (χ2v) is 7.13. The van der Waals surface area contributed by atoms with Crippen molar-refractivity contribution >= 4 is 38.3 Å². The van der Waals surface area contributed by atoms with E-state index in [0.717, 1.165) is 11.1 Å². The van der Waals surface area contributed by atoms with Gasteiger partial charge in [0.1, 0.15) is 10.6 Å². The van der Waals surface area contributed by atoms with Gasteiger partial charge in [0.25, 0.3) is 10.0 Å². The number of anilines is 1. The molecule has 3 aromatic rings. The standard InChI is InChI=1S/C16H15ClN2O4S/c1-3-12-10-8-13(15(22-2)9-14(10)23-18-12)19-24(20,21)16-7-5-4-6-11(16)17/h4-9,19H,3H2,1-2H3. The Balaban J connectivity index is 2.10. The molecule has 0 bridgehead atoms. The summed E-state index contributed by atoms with van der Waals surface area (Å²) < 4.78 is 38.3.